The summed E-state index contributed by atoms with van der Waals surface area (Å²) in [5.74, 6) is -4.00. The maximum Gasteiger partial charge on any atom is 0.410 e. The molecule has 4 fully saturated rings. The number of halogens is 1. The zero-order valence-corrected chi connectivity index (χ0v) is 31.3. The van der Waals surface area contributed by atoms with Gasteiger partial charge in [-0.05, 0) is 81.8 Å². The van der Waals surface area contributed by atoms with Crippen LogP contribution >= 0.6 is 0 Å². The number of hydrogen-bond donors (Lipinski definition) is 3. The van der Waals surface area contributed by atoms with Gasteiger partial charge in [-0.25, -0.2) is 13.9 Å². The van der Waals surface area contributed by atoms with Crippen LogP contribution in [0.1, 0.15) is 101 Å². The summed E-state index contributed by atoms with van der Waals surface area (Å²) in [7, 11) is -4.21. The highest BCUT2D eigenvalue weighted by atomic mass is 32.2. The van der Waals surface area contributed by atoms with Crippen LogP contribution in [0.15, 0.2) is 30.4 Å². The van der Waals surface area contributed by atoms with Crippen LogP contribution in [-0.4, -0.2) is 84.9 Å². The molecule has 0 unspecified atom stereocenters. The van der Waals surface area contributed by atoms with Gasteiger partial charge in [0.25, 0.3) is 5.91 Å². The number of nitrogens with zero attached hydrogens (tertiary/aromatic N) is 2. The molecule has 1 saturated heterocycles. The second-order valence-corrected chi connectivity index (χ2v) is 17.3. The Morgan fingerprint density at radius 2 is 1.74 bits per heavy atom. The van der Waals surface area contributed by atoms with E-state index in [0.717, 1.165) is 51.4 Å². The SMILES string of the molecule is O=C(C[C@H]1CCCCC/C=C\[C@@H]2C[C@@]2(C(=O)NS(=O)(=O)NCC2CC2)NC(=O)[C@@H]2C[C@@H](OC(=O)N3Cc4cccc(F)c4C3)CN2C1=O)OC1CCCC1. The fourth-order valence-corrected chi connectivity index (χ4v) is 9.22. The molecule has 294 valence electrons. The summed E-state index contributed by atoms with van der Waals surface area (Å²) in [6.45, 7) is 0.212. The van der Waals surface area contributed by atoms with Crippen molar-refractivity contribution in [2.24, 2.45) is 17.8 Å². The molecule has 4 amide bonds. The second-order valence-electron chi connectivity index (χ2n) is 15.8. The van der Waals surface area contributed by atoms with E-state index in [4.69, 9.17) is 9.47 Å². The predicted octanol–water partition coefficient (Wildman–Crippen LogP) is 3.50. The van der Waals surface area contributed by atoms with Gasteiger partial charge in [0.05, 0.1) is 19.5 Å². The highest BCUT2D eigenvalue weighted by Crippen LogP contribution is 2.46. The van der Waals surface area contributed by atoms with Crippen molar-refractivity contribution in [3.8, 4) is 0 Å². The van der Waals surface area contributed by atoms with Crippen molar-refractivity contribution in [3.63, 3.8) is 0 Å². The molecule has 0 radical (unpaired) electrons. The minimum absolute atomic E-state index is 0.0102. The number of fused-ring (bicyclic) bond motifs is 3. The van der Waals surface area contributed by atoms with E-state index in [1.807, 2.05) is 12.2 Å². The van der Waals surface area contributed by atoms with Gasteiger partial charge < -0.3 is 19.7 Å². The Morgan fingerprint density at radius 3 is 2.50 bits per heavy atom. The molecular formula is C38H50FN5O9S. The molecule has 3 N–H and O–H groups in total. The molecule has 6 aliphatic rings. The van der Waals surface area contributed by atoms with Crippen LogP contribution in [0.25, 0.3) is 0 Å². The smallest absolute Gasteiger partial charge is 0.410 e. The average Bonchev–Trinajstić information content (AvgIpc) is 3.86. The number of carbonyl (C=O) groups excluding carboxylic acids is 5. The van der Waals surface area contributed by atoms with Gasteiger partial charge in [0.1, 0.15) is 29.6 Å². The van der Waals surface area contributed by atoms with Crippen LogP contribution in [0.4, 0.5) is 9.18 Å². The second kappa shape index (κ2) is 16.0. The molecule has 1 aromatic rings. The maximum atomic E-state index is 14.5. The summed E-state index contributed by atoms with van der Waals surface area (Å²) < 4.78 is 56.2. The molecule has 54 heavy (non-hydrogen) atoms. The number of rotatable bonds is 9. The number of esters is 1. The first-order chi connectivity index (χ1) is 25.9. The third-order valence-electron chi connectivity index (χ3n) is 11.7. The normalized spacial score (nSPS) is 29.6. The molecule has 5 atom stereocenters. The van der Waals surface area contributed by atoms with Crippen LogP contribution < -0.4 is 14.8 Å². The van der Waals surface area contributed by atoms with E-state index >= 15 is 0 Å². The maximum absolute atomic E-state index is 14.5. The molecule has 3 aliphatic heterocycles. The van der Waals surface area contributed by atoms with E-state index in [1.165, 1.54) is 15.9 Å². The van der Waals surface area contributed by atoms with E-state index in [-0.39, 0.29) is 57.5 Å². The van der Waals surface area contributed by atoms with Gasteiger partial charge in [-0.1, -0.05) is 37.1 Å². The van der Waals surface area contributed by atoms with Crippen molar-refractivity contribution in [2.75, 3.05) is 13.1 Å². The monoisotopic (exact) mass is 771 g/mol. The molecule has 7 rings (SSSR count). The Balaban J connectivity index is 1.11. The predicted molar refractivity (Wildman–Crippen MR) is 191 cm³/mol. The highest BCUT2D eigenvalue weighted by molar-refractivity contribution is 7.88. The van der Waals surface area contributed by atoms with E-state index in [2.05, 4.69) is 14.8 Å². The van der Waals surface area contributed by atoms with Gasteiger partial charge in [-0.2, -0.15) is 13.1 Å². The third-order valence-corrected chi connectivity index (χ3v) is 12.7. The highest BCUT2D eigenvalue weighted by Gasteiger charge is 2.61. The van der Waals surface area contributed by atoms with Gasteiger partial charge in [0.15, 0.2) is 0 Å². The lowest BCUT2D eigenvalue weighted by Crippen LogP contribution is -2.57. The van der Waals surface area contributed by atoms with Gasteiger partial charge in [-0.15, -0.1) is 0 Å². The van der Waals surface area contributed by atoms with E-state index in [0.29, 0.717) is 30.4 Å². The van der Waals surface area contributed by atoms with Gasteiger partial charge in [0.2, 0.25) is 11.8 Å². The van der Waals surface area contributed by atoms with Gasteiger partial charge in [-0.3, -0.25) is 24.1 Å². The van der Waals surface area contributed by atoms with Crippen LogP contribution in [0.5, 0.6) is 0 Å². The summed E-state index contributed by atoms with van der Waals surface area (Å²) in [6, 6.07) is 3.44. The van der Waals surface area contributed by atoms with Crippen LogP contribution in [-0.2, 0) is 52.0 Å². The Labute approximate surface area is 315 Å². The number of benzene rings is 1. The quantitative estimate of drug-likeness (QED) is 0.250. The summed E-state index contributed by atoms with van der Waals surface area (Å²) in [5, 5.41) is 2.81. The minimum Gasteiger partial charge on any atom is -0.462 e. The Bertz CT molecular complexity index is 1780. The Hall–Kier alpha value is -4.05. The molecular weight excluding hydrogens is 722 g/mol. The number of ether oxygens (including phenoxy) is 2. The number of nitrogens with one attached hydrogen (secondary N) is 3. The number of hydrogen-bond acceptors (Lipinski definition) is 9. The van der Waals surface area contributed by atoms with Crippen molar-refractivity contribution in [1.82, 2.24) is 24.6 Å². The zero-order chi connectivity index (χ0) is 38.0. The van der Waals surface area contributed by atoms with Crippen molar-refractivity contribution in [2.45, 2.75) is 127 Å². The van der Waals surface area contributed by atoms with Crippen LogP contribution in [0.3, 0.4) is 0 Å². The first kappa shape index (κ1) is 38.2. The first-order valence-corrected chi connectivity index (χ1v) is 20.9. The standard InChI is InChI=1S/C38H50FN5O9S/c39-31-14-8-10-26-21-43(23-30(26)31)37(49)53-29-18-32-34(46)41-38(36(48)42-54(50,51)40-20-24-15-16-24)19-27(38)11-5-3-1-2-4-9-25(35(47)44(32)22-29)17-33(45)52-28-12-6-7-13-28/h5,8,10-11,14,24-25,27-29,32,40H,1-4,6-7,9,12-13,15-23H2,(H,41,46)(H,42,48)/b11-5-/t25-,27-,29-,32+,38-/m1/s1. The van der Waals surface area contributed by atoms with Crippen LogP contribution in [0.2, 0.25) is 0 Å². The third kappa shape index (κ3) is 8.90. The molecule has 3 heterocycles. The largest absolute Gasteiger partial charge is 0.462 e. The van der Waals surface area contributed by atoms with E-state index in [1.54, 1.807) is 12.1 Å². The molecule has 0 aromatic heterocycles. The summed E-state index contributed by atoms with van der Waals surface area (Å²) in [6.07, 6.45) is 10.4. The lowest BCUT2D eigenvalue weighted by molar-refractivity contribution is -0.154. The molecule has 3 saturated carbocycles. The summed E-state index contributed by atoms with van der Waals surface area (Å²) in [5.41, 5.74) is -0.521. The van der Waals surface area contributed by atoms with Crippen molar-refractivity contribution in [3.05, 3.63) is 47.3 Å². The molecule has 0 bridgehead atoms. The summed E-state index contributed by atoms with van der Waals surface area (Å²) >= 11 is 0. The van der Waals surface area contributed by atoms with E-state index < -0.39 is 75.3 Å². The Morgan fingerprint density at radius 1 is 0.963 bits per heavy atom. The van der Waals surface area contributed by atoms with Crippen molar-refractivity contribution < 1.29 is 46.3 Å². The lowest BCUT2D eigenvalue weighted by Gasteiger charge is -2.29. The Kier molecular flexibility index (Phi) is 11.3. The summed E-state index contributed by atoms with van der Waals surface area (Å²) in [4.78, 5) is 71.7. The minimum atomic E-state index is -4.21. The lowest BCUT2D eigenvalue weighted by atomic mass is 9.95. The fraction of sp³-hybridized carbons (Fsp3) is 0.658. The average molecular weight is 772 g/mol. The fourth-order valence-electron chi connectivity index (χ4n) is 8.26. The van der Waals surface area contributed by atoms with Crippen LogP contribution in [0, 0.1) is 23.6 Å². The first-order valence-electron chi connectivity index (χ1n) is 19.4. The van der Waals surface area contributed by atoms with Crippen molar-refractivity contribution >= 4 is 40.0 Å². The molecule has 3 aliphatic carbocycles. The van der Waals surface area contributed by atoms with Gasteiger partial charge in [0, 0.05) is 36.9 Å². The number of carbonyl (C=O) groups is 5. The molecule has 0 spiro atoms. The van der Waals surface area contributed by atoms with Crippen molar-refractivity contribution in [1.29, 1.82) is 0 Å². The number of allylic oxidation sites excluding steroid dienone is 1. The number of amides is 4. The molecule has 1 aromatic carbocycles. The molecule has 16 heteroatoms. The topological polar surface area (TPSA) is 181 Å². The zero-order valence-electron chi connectivity index (χ0n) is 30.4. The van der Waals surface area contributed by atoms with Gasteiger partial charge >= 0.3 is 22.3 Å². The molecule has 14 nitrogen and oxygen atoms in total. The van der Waals surface area contributed by atoms with E-state index in [9.17, 15) is 36.8 Å².